The van der Waals surface area contributed by atoms with Crippen LogP contribution in [-0.2, 0) is 13.5 Å². The van der Waals surface area contributed by atoms with Crippen LogP contribution < -0.4 is 10.1 Å². The first kappa shape index (κ1) is 15.4. The van der Waals surface area contributed by atoms with Crippen molar-refractivity contribution in [3.8, 4) is 17.0 Å². The highest BCUT2D eigenvalue weighted by Gasteiger charge is 2.27. The minimum absolute atomic E-state index is 0.164. The third-order valence-corrected chi connectivity index (χ3v) is 4.27. The van der Waals surface area contributed by atoms with Gasteiger partial charge in [-0.05, 0) is 6.07 Å². The smallest absolute Gasteiger partial charge is 0.255 e. The van der Waals surface area contributed by atoms with Gasteiger partial charge in [-0.25, -0.2) is 0 Å². The summed E-state index contributed by atoms with van der Waals surface area (Å²) < 4.78 is 12.6. The van der Waals surface area contributed by atoms with Crippen LogP contribution in [0.5, 0.6) is 5.75 Å². The summed E-state index contributed by atoms with van der Waals surface area (Å²) in [7, 11) is 1.78. The summed E-state index contributed by atoms with van der Waals surface area (Å²) in [6, 6.07) is 7.61. The Morgan fingerprint density at radius 2 is 2.28 bits per heavy atom. The number of amides is 1. The second-order valence-corrected chi connectivity index (χ2v) is 6.02. The van der Waals surface area contributed by atoms with Crippen molar-refractivity contribution in [2.24, 2.45) is 7.05 Å². The molecule has 1 aromatic carbocycles. The van der Waals surface area contributed by atoms with Gasteiger partial charge < -0.3 is 14.6 Å². The molecule has 7 heteroatoms. The molecular formula is C18H18N4O3. The summed E-state index contributed by atoms with van der Waals surface area (Å²) in [5.74, 6) is 1.44. The third-order valence-electron chi connectivity index (χ3n) is 4.27. The van der Waals surface area contributed by atoms with Crippen molar-refractivity contribution in [1.29, 1.82) is 0 Å². The van der Waals surface area contributed by atoms with Crippen LogP contribution in [-0.4, -0.2) is 27.5 Å². The molecule has 0 bridgehead atoms. The molecule has 7 nitrogen and oxygen atoms in total. The van der Waals surface area contributed by atoms with Gasteiger partial charge in [-0.15, -0.1) is 0 Å². The van der Waals surface area contributed by atoms with Gasteiger partial charge >= 0.3 is 0 Å². The van der Waals surface area contributed by atoms with E-state index < -0.39 is 0 Å². The highest BCUT2D eigenvalue weighted by atomic mass is 16.5. The number of nitrogens with zero attached hydrogens (tertiary/aromatic N) is 3. The molecular weight excluding hydrogens is 320 g/mol. The van der Waals surface area contributed by atoms with E-state index in [2.05, 4.69) is 15.6 Å². The SMILES string of the molecule is CCc1cc(-c2ccc3c(c2)OC[C@H]3NC(=O)c2cnn(C)c2)no1. The number of ether oxygens (including phenoxy) is 1. The fraction of sp³-hybridized carbons (Fsp3) is 0.278. The zero-order chi connectivity index (χ0) is 17.4. The highest BCUT2D eigenvalue weighted by Crippen LogP contribution is 2.36. The number of carbonyl (C=O) groups is 1. The molecule has 1 atom stereocenters. The molecule has 0 radical (unpaired) electrons. The Labute approximate surface area is 144 Å². The fourth-order valence-corrected chi connectivity index (χ4v) is 2.88. The normalized spacial score (nSPS) is 15.7. The lowest BCUT2D eigenvalue weighted by Crippen LogP contribution is -2.29. The number of nitrogens with one attached hydrogen (secondary N) is 1. The molecule has 3 heterocycles. The highest BCUT2D eigenvalue weighted by molar-refractivity contribution is 5.94. The Hall–Kier alpha value is -3.09. The van der Waals surface area contributed by atoms with E-state index in [0.717, 1.165) is 34.8 Å². The summed E-state index contributed by atoms with van der Waals surface area (Å²) in [6.07, 6.45) is 4.03. The molecule has 1 aliphatic heterocycles. The quantitative estimate of drug-likeness (QED) is 0.790. The molecule has 0 spiro atoms. The van der Waals surface area contributed by atoms with Gasteiger partial charge in [0.05, 0.1) is 17.8 Å². The molecule has 25 heavy (non-hydrogen) atoms. The van der Waals surface area contributed by atoms with Crippen LogP contribution in [0.1, 0.15) is 34.6 Å². The lowest BCUT2D eigenvalue weighted by atomic mass is 10.0. The van der Waals surface area contributed by atoms with Crippen LogP contribution in [0.25, 0.3) is 11.3 Å². The van der Waals surface area contributed by atoms with E-state index in [0.29, 0.717) is 12.2 Å². The molecule has 0 unspecified atom stereocenters. The van der Waals surface area contributed by atoms with Gasteiger partial charge in [0, 0.05) is 36.9 Å². The van der Waals surface area contributed by atoms with Crippen LogP contribution in [0.3, 0.4) is 0 Å². The topological polar surface area (TPSA) is 82.2 Å². The number of carbonyl (C=O) groups excluding carboxylic acids is 1. The molecule has 2 aromatic heterocycles. The number of hydrogen-bond donors (Lipinski definition) is 1. The van der Waals surface area contributed by atoms with Gasteiger partial charge in [-0.2, -0.15) is 5.10 Å². The zero-order valence-corrected chi connectivity index (χ0v) is 14.0. The zero-order valence-electron chi connectivity index (χ0n) is 14.0. The second-order valence-electron chi connectivity index (χ2n) is 6.02. The van der Waals surface area contributed by atoms with Crippen molar-refractivity contribution in [3.05, 3.63) is 53.5 Å². The van der Waals surface area contributed by atoms with Gasteiger partial charge in [0.25, 0.3) is 5.91 Å². The van der Waals surface area contributed by atoms with Crippen LogP contribution in [0.15, 0.2) is 41.2 Å². The Bertz CT molecular complexity index is 928. The number of benzene rings is 1. The molecule has 1 N–H and O–H groups in total. The molecule has 3 aromatic rings. The summed E-state index contributed by atoms with van der Waals surface area (Å²) in [5, 5.41) is 11.1. The standard InChI is InChI=1S/C18H18N4O3/c1-3-13-7-15(21-25-13)11-4-5-14-16(10-24-17(14)6-11)20-18(23)12-8-19-22(2)9-12/h4-9,16H,3,10H2,1-2H3,(H,20,23)/t16-/m1/s1. The van der Waals surface area contributed by atoms with Crippen molar-refractivity contribution in [3.63, 3.8) is 0 Å². The predicted octanol–water partition coefficient (Wildman–Crippen LogP) is 2.50. The van der Waals surface area contributed by atoms with E-state index in [1.165, 1.54) is 0 Å². The number of aryl methyl sites for hydroxylation is 2. The molecule has 0 fully saturated rings. The van der Waals surface area contributed by atoms with Gasteiger partial charge in [0.15, 0.2) is 0 Å². The lowest BCUT2D eigenvalue weighted by Gasteiger charge is -2.10. The number of rotatable bonds is 4. The monoisotopic (exact) mass is 338 g/mol. The first-order valence-corrected chi connectivity index (χ1v) is 8.16. The van der Waals surface area contributed by atoms with Gasteiger partial charge in [-0.1, -0.05) is 24.2 Å². The summed E-state index contributed by atoms with van der Waals surface area (Å²) in [4.78, 5) is 12.3. The van der Waals surface area contributed by atoms with E-state index in [1.54, 1.807) is 24.1 Å². The third kappa shape index (κ3) is 2.88. The molecule has 0 aliphatic carbocycles. The van der Waals surface area contributed by atoms with Crippen LogP contribution in [0.4, 0.5) is 0 Å². The Morgan fingerprint density at radius 3 is 3.00 bits per heavy atom. The van der Waals surface area contributed by atoms with Crippen molar-refractivity contribution in [1.82, 2.24) is 20.3 Å². The van der Waals surface area contributed by atoms with Crippen molar-refractivity contribution < 1.29 is 14.1 Å². The summed E-state index contributed by atoms with van der Waals surface area (Å²) in [5.41, 5.74) is 3.20. The van der Waals surface area contributed by atoms with E-state index in [4.69, 9.17) is 9.26 Å². The average molecular weight is 338 g/mol. The van der Waals surface area contributed by atoms with Crippen LogP contribution >= 0.6 is 0 Å². The fourth-order valence-electron chi connectivity index (χ4n) is 2.88. The minimum atomic E-state index is -0.180. The molecule has 1 amide bonds. The molecule has 0 saturated heterocycles. The molecule has 4 rings (SSSR count). The first-order valence-electron chi connectivity index (χ1n) is 8.16. The molecule has 128 valence electrons. The molecule has 1 aliphatic rings. The summed E-state index contributed by atoms with van der Waals surface area (Å²) in [6.45, 7) is 2.43. The molecule has 0 saturated carbocycles. The van der Waals surface area contributed by atoms with Gasteiger partial charge in [0.1, 0.15) is 23.8 Å². The van der Waals surface area contributed by atoms with E-state index in [-0.39, 0.29) is 11.9 Å². The number of fused-ring (bicyclic) bond motifs is 1. The largest absolute Gasteiger partial charge is 0.491 e. The lowest BCUT2D eigenvalue weighted by molar-refractivity contribution is 0.0930. The van der Waals surface area contributed by atoms with Crippen molar-refractivity contribution in [2.75, 3.05) is 6.61 Å². The Morgan fingerprint density at radius 1 is 1.40 bits per heavy atom. The second kappa shape index (κ2) is 6.08. The van der Waals surface area contributed by atoms with E-state index in [9.17, 15) is 4.79 Å². The minimum Gasteiger partial charge on any atom is -0.491 e. The maximum Gasteiger partial charge on any atom is 0.255 e. The predicted molar refractivity (Wildman–Crippen MR) is 90.2 cm³/mol. The van der Waals surface area contributed by atoms with Gasteiger partial charge in [0.2, 0.25) is 0 Å². The van der Waals surface area contributed by atoms with E-state index in [1.807, 2.05) is 31.2 Å². The van der Waals surface area contributed by atoms with Crippen molar-refractivity contribution in [2.45, 2.75) is 19.4 Å². The maximum absolute atomic E-state index is 12.3. The average Bonchev–Trinajstić information content (AvgIpc) is 3.34. The summed E-state index contributed by atoms with van der Waals surface area (Å²) >= 11 is 0. The van der Waals surface area contributed by atoms with Crippen molar-refractivity contribution >= 4 is 5.91 Å². The number of hydrogen-bond acceptors (Lipinski definition) is 5. The Kier molecular flexibility index (Phi) is 3.76. The maximum atomic E-state index is 12.3. The van der Waals surface area contributed by atoms with Crippen LogP contribution in [0.2, 0.25) is 0 Å². The number of aromatic nitrogens is 3. The van der Waals surface area contributed by atoms with Crippen LogP contribution in [0, 0.1) is 0 Å². The Balaban J connectivity index is 1.54. The van der Waals surface area contributed by atoms with E-state index >= 15 is 0 Å². The first-order chi connectivity index (χ1) is 12.1. The van der Waals surface area contributed by atoms with Gasteiger partial charge in [-0.3, -0.25) is 9.48 Å².